The van der Waals surface area contributed by atoms with Gasteiger partial charge in [-0.25, -0.2) is 0 Å². The molecular weight excluding hydrogens is 254 g/mol. The molecule has 1 aromatic carbocycles. The van der Waals surface area contributed by atoms with Gasteiger partial charge in [-0.3, -0.25) is 10.1 Å². The van der Waals surface area contributed by atoms with Crippen molar-refractivity contribution in [1.82, 2.24) is 4.90 Å². The average Bonchev–Trinajstić information content (AvgIpc) is 2.85. The molecule has 0 heterocycles. The summed E-state index contributed by atoms with van der Waals surface area (Å²) < 4.78 is 0. The van der Waals surface area contributed by atoms with Crippen LogP contribution in [0.25, 0.3) is 0 Å². The van der Waals surface area contributed by atoms with Gasteiger partial charge < -0.3 is 10.2 Å². The standard InChI is InChI=1S/C15H23N3O2/c1-17(2)12-15(9-3-4-10-15)11-16-13-5-7-14(8-6-13)18(19)20/h5-8,16H,3-4,9-12H2,1-2H3. The van der Waals surface area contributed by atoms with Crippen LogP contribution in [0.5, 0.6) is 0 Å². The molecule has 1 aliphatic carbocycles. The number of hydrogen-bond acceptors (Lipinski definition) is 4. The van der Waals surface area contributed by atoms with E-state index >= 15 is 0 Å². The second-order valence-corrected chi connectivity index (χ2v) is 6.10. The second kappa shape index (κ2) is 6.22. The molecule has 0 radical (unpaired) electrons. The lowest BCUT2D eigenvalue weighted by Crippen LogP contribution is -2.37. The Hall–Kier alpha value is -1.62. The Labute approximate surface area is 120 Å². The number of nitro benzene ring substituents is 1. The van der Waals surface area contributed by atoms with Crippen LogP contribution < -0.4 is 5.32 Å². The Morgan fingerprint density at radius 3 is 2.35 bits per heavy atom. The summed E-state index contributed by atoms with van der Waals surface area (Å²) in [7, 11) is 4.23. The number of nitro groups is 1. The van der Waals surface area contributed by atoms with E-state index in [0.717, 1.165) is 18.8 Å². The van der Waals surface area contributed by atoms with Crippen LogP contribution in [0.4, 0.5) is 11.4 Å². The van der Waals surface area contributed by atoms with Gasteiger partial charge in [0.25, 0.3) is 5.69 Å². The Morgan fingerprint density at radius 1 is 1.25 bits per heavy atom. The monoisotopic (exact) mass is 277 g/mol. The number of nitrogens with zero attached hydrogens (tertiary/aromatic N) is 2. The Balaban J connectivity index is 1.97. The maximum absolute atomic E-state index is 10.6. The second-order valence-electron chi connectivity index (χ2n) is 6.10. The average molecular weight is 277 g/mol. The fourth-order valence-corrected chi connectivity index (χ4v) is 3.18. The fraction of sp³-hybridized carbons (Fsp3) is 0.600. The van der Waals surface area contributed by atoms with E-state index in [0.29, 0.717) is 5.41 Å². The van der Waals surface area contributed by atoms with Crippen molar-refractivity contribution < 1.29 is 4.92 Å². The minimum Gasteiger partial charge on any atom is -0.384 e. The molecule has 0 spiro atoms. The number of non-ortho nitro benzene ring substituents is 1. The highest BCUT2D eigenvalue weighted by atomic mass is 16.6. The van der Waals surface area contributed by atoms with E-state index in [1.165, 1.54) is 25.7 Å². The molecule has 1 saturated carbocycles. The van der Waals surface area contributed by atoms with Gasteiger partial charge in [-0.05, 0) is 39.1 Å². The van der Waals surface area contributed by atoms with E-state index < -0.39 is 0 Å². The van der Waals surface area contributed by atoms with E-state index in [1.807, 2.05) is 0 Å². The number of benzene rings is 1. The van der Waals surface area contributed by atoms with Crippen molar-refractivity contribution in [3.8, 4) is 0 Å². The molecule has 20 heavy (non-hydrogen) atoms. The molecule has 0 amide bonds. The molecule has 0 aromatic heterocycles. The molecule has 1 aliphatic rings. The van der Waals surface area contributed by atoms with Gasteiger partial charge in [0, 0.05) is 36.3 Å². The zero-order valence-corrected chi connectivity index (χ0v) is 12.3. The van der Waals surface area contributed by atoms with Gasteiger partial charge in [-0.2, -0.15) is 0 Å². The van der Waals surface area contributed by atoms with Gasteiger partial charge in [-0.1, -0.05) is 12.8 Å². The molecule has 0 bridgehead atoms. The summed E-state index contributed by atoms with van der Waals surface area (Å²) in [5, 5.41) is 14.1. The molecule has 0 aliphatic heterocycles. The fourth-order valence-electron chi connectivity index (χ4n) is 3.18. The lowest BCUT2D eigenvalue weighted by Gasteiger charge is -2.32. The van der Waals surface area contributed by atoms with Crippen molar-refractivity contribution >= 4 is 11.4 Å². The van der Waals surface area contributed by atoms with Crippen molar-refractivity contribution in [2.24, 2.45) is 5.41 Å². The molecule has 1 fully saturated rings. The lowest BCUT2D eigenvalue weighted by molar-refractivity contribution is -0.384. The Kier molecular flexibility index (Phi) is 4.60. The van der Waals surface area contributed by atoms with E-state index in [9.17, 15) is 10.1 Å². The normalized spacial score (nSPS) is 17.4. The van der Waals surface area contributed by atoms with Gasteiger partial charge >= 0.3 is 0 Å². The number of hydrogen-bond donors (Lipinski definition) is 1. The summed E-state index contributed by atoms with van der Waals surface area (Å²) in [6.45, 7) is 2.02. The third kappa shape index (κ3) is 3.70. The smallest absolute Gasteiger partial charge is 0.269 e. The molecule has 1 N–H and O–H groups in total. The Bertz CT molecular complexity index is 451. The predicted octanol–water partition coefficient (Wildman–Crippen LogP) is 3.13. The minimum atomic E-state index is -0.367. The topological polar surface area (TPSA) is 58.4 Å². The van der Waals surface area contributed by atoms with Gasteiger partial charge in [0.1, 0.15) is 0 Å². The molecule has 110 valence electrons. The van der Waals surface area contributed by atoms with Crippen molar-refractivity contribution in [3.63, 3.8) is 0 Å². The van der Waals surface area contributed by atoms with Crippen molar-refractivity contribution in [2.75, 3.05) is 32.5 Å². The zero-order chi connectivity index (χ0) is 14.6. The molecule has 2 rings (SSSR count). The maximum atomic E-state index is 10.6. The van der Waals surface area contributed by atoms with Crippen LogP contribution in [0.15, 0.2) is 24.3 Å². The van der Waals surface area contributed by atoms with Crippen LogP contribution in [0.1, 0.15) is 25.7 Å². The lowest BCUT2D eigenvalue weighted by atomic mass is 9.85. The molecule has 5 heteroatoms. The summed E-state index contributed by atoms with van der Waals surface area (Å²) >= 11 is 0. The largest absolute Gasteiger partial charge is 0.384 e. The molecule has 1 aromatic rings. The first-order valence-corrected chi connectivity index (χ1v) is 7.14. The van der Waals surface area contributed by atoms with Crippen LogP contribution in [0.3, 0.4) is 0 Å². The van der Waals surface area contributed by atoms with Crippen LogP contribution in [0, 0.1) is 15.5 Å². The number of anilines is 1. The molecule has 0 saturated heterocycles. The summed E-state index contributed by atoms with van der Waals surface area (Å²) in [6.07, 6.45) is 5.11. The van der Waals surface area contributed by atoms with Crippen molar-refractivity contribution in [3.05, 3.63) is 34.4 Å². The summed E-state index contributed by atoms with van der Waals surface area (Å²) in [6, 6.07) is 6.68. The van der Waals surface area contributed by atoms with Gasteiger partial charge in [0.15, 0.2) is 0 Å². The van der Waals surface area contributed by atoms with E-state index in [1.54, 1.807) is 24.3 Å². The van der Waals surface area contributed by atoms with E-state index in [4.69, 9.17) is 0 Å². The number of nitrogens with one attached hydrogen (secondary N) is 1. The van der Waals surface area contributed by atoms with Crippen molar-refractivity contribution in [1.29, 1.82) is 0 Å². The van der Waals surface area contributed by atoms with Crippen LogP contribution in [-0.2, 0) is 0 Å². The maximum Gasteiger partial charge on any atom is 0.269 e. The SMILES string of the molecule is CN(C)CC1(CNc2ccc([N+](=O)[O-])cc2)CCCC1. The van der Waals surface area contributed by atoms with Gasteiger partial charge in [0.05, 0.1) is 4.92 Å². The molecule has 0 unspecified atom stereocenters. The highest BCUT2D eigenvalue weighted by Crippen LogP contribution is 2.38. The molecular formula is C15H23N3O2. The van der Waals surface area contributed by atoms with Gasteiger partial charge in [0.2, 0.25) is 0 Å². The first-order chi connectivity index (χ1) is 9.51. The zero-order valence-electron chi connectivity index (χ0n) is 12.3. The predicted molar refractivity (Wildman–Crippen MR) is 81.0 cm³/mol. The molecule has 0 atom stereocenters. The summed E-state index contributed by atoms with van der Waals surface area (Å²) in [4.78, 5) is 12.5. The van der Waals surface area contributed by atoms with E-state index in [2.05, 4.69) is 24.3 Å². The summed E-state index contributed by atoms with van der Waals surface area (Å²) in [5.74, 6) is 0. The highest BCUT2D eigenvalue weighted by molar-refractivity contribution is 5.48. The van der Waals surface area contributed by atoms with Crippen LogP contribution in [-0.4, -0.2) is 37.0 Å². The van der Waals surface area contributed by atoms with Crippen LogP contribution >= 0.6 is 0 Å². The van der Waals surface area contributed by atoms with Gasteiger partial charge in [-0.15, -0.1) is 0 Å². The third-order valence-electron chi connectivity index (χ3n) is 4.06. The number of rotatable bonds is 6. The van der Waals surface area contributed by atoms with Crippen LogP contribution in [0.2, 0.25) is 0 Å². The van der Waals surface area contributed by atoms with E-state index in [-0.39, 0.29) is 10.6 Å². The quantitative estimate of drug-likeness (QED) is 0.641. The minimum absolute atomic E-state index is 0.138. The first-order valence-electron chi connectivity index (χ1n) is 7.14. The summed E-state index contributed by atoms with van der Waals surface area (Å²) in [5.41, 5.74) is 1.44. The first kappa shape index (κ1) is 14.8. The Morgan fingerprint density at radius 2 is 1.85 bits per heavy atom. The molecule has 5 nitrogen and oxygen atoms in total. The third-order valence-corrected chi connectivity index (χ3v) is 4.06. The van der Waals surface area contributed by atoms with Crippen molar-refractivity contribution in [2.45, 2.75) is 25.7 Å². The highest BCUT2D eigenvalue weighted by Gasteiger charge is 2.34.